The summed E-state index contributed by atoms with van der Waals surface area (Å²) in [4.78, 5) is 23.5. The molecule has 0 bridgehead atoms. The third-order valence-corrected chi connectivity index (χ3v) is 3.38. The zero-order valence-electron chi connectivity index (χ0n) is 13.4. The number of carbonyl (C=O) groups excluding carboxylic acids is 2. The number of nitrogens with two attached hydrogens (primary N) is 1. The molecule has 0 spiro atoms. The highest BCUT2D eigenvalue weighted by Crippen LogP contribution is 2.13. The van der Waals surface area contributed by atoms with E-state index < -0.39 is 17.9 Å². The molecule has 1 atom stereocenters. The Bertz CT molecular complexity index is 671. The van der Waals surface area contributed by atoms with E-state index in [1.165, 1.54) is 0 Å². The molecule has 6 heteroatoms. The monoisotopic (exact) mass is 328 g/mol. The van der Waals surface area contributed by atoms with Gasteiger partial charge in [-0.3, -0.25) is 9.59 Å². The van der Waals surface area contributed by atoms with Crippen LogP contribution in [0, 0.1) is 0 Å². The molecule has 2 aromatic rings. The molecule has 2 rings (SSSR count). The summed E-state index contributed by atoms with van der Waals surface area (Å²) in [5.74, 6) is -0.274. The Morgan fingerprint density at radius 2 is 1.75 bits per heavy atom. The second-order valence-electron chi connectivity index (χ2n) is 5.15. The fourth-order valence-corrected chi connectivity index (χ4v) is 2.15. The van der Waals surface area contributed by atoms with Crippen molar-refractivity contribution in [3.63, 3.8) is 0 Å². The van der Waals surface area contributed by atoms with E-state index >= 15 is 0 Å². The van der Waals surface area contributed by atoms with Gasteiger partial charge in [-0.2, -0.15) is 0 Å². The summed E-state index contributed by atoms with van der Waals surface area (Å²) >= 11 is 0. The van der Waals surface area contributed by atoms with Crippen molar-refractivity contribution < 1.29 is 19.1 Å². The third kappa shape index (κ3) is 5.10. The quantitative estimate of drug-likeness (QED) is 0.769. The second kappa shape index (κ2) is 8.69. The molecule has 6 nitrogen and oxygen atoms in total. The van der Waals surface area contributed by atoms with Gasteiger partial charge in [0.15, 0.2) is 0 Å². The van der Waals surface area contributed by atoms with E-state index in [1.54, 1.807) is 31.4 Å². The molecule has 2 aromatic carbocycles. The van der Waals surface area contributed by atoms with Crippen LogP contribution in [0.1, 0.15) is 17.2 Å². The molecule has 0 aliphatic heterocycles. The maximum atomic E-state index is 12.0. The second-order valence-corrected chi connectivity index (χ2v) is 5.15. The Morgan fingerprint density at radius 1 is 1.08 bits per heavy atom. The summed E-state index contributed by atoms with van der Waals surface area (Å²) in [6, 6.07) is 15.3. The summed E-state index contributed by atoms with van der Waals surface area (Å²) in [6.45, 7) is 0.118. The largest absolute Gasteiger partial charge is 0.497 e. The molecular weight excluding hydrogens is 308 g/mol. The molecule has 24 heavy (non-hydrogen) atoms. The topological polar surface area (TPSA) is 90.7 Å². The van der Waals surface area contributed by atoms with Crippen molar-refractivity contribution in [2.75, 3.05) is 13.7 Å². The minimum absolute atomic E-state index is 0.164. The summed E-state index contributed by atoms with van der Waals surface area (Å²) in [5.41, 5.74) is 6.91. The predicted molar refractivity (Wildman–Crippen MR) is 89.2 cm³/mol. The molecule has 3 N–H and O–H groups in total. The normalized spacial score (nSPS) is 11.5. The lowest BCUT2D eigenvalue weighted by molar-refractivity contribution is -0.130. The van der Waals surface area contributed by atoms with E-state index in [0.29, 0.717) is 5.56 Å². The van der Waals surface area contributed by atoms with Crippen LogP contribution in [0.25, 0.3) is 0 Å². The highest BCUT2D eigenvalue weighted by molar-refractivity contribution is 5.88. The van der Waals surface area contributed by atoms with E-state index in [0.717, 1.165) is 11.3 Å². The van der Waals surface area contributed by atoms with Crippen molar-refractivity contribution >= 4 is 11.8 Å². The molecule has 126 valence electrons. The Balaban J connectivity index is 1.84. The summed E-state index contributed by atoms with van der Waals surface area (Å²) in [6.07, 6.45) is 0. The number of benzene rings is 2. The number of nitrogens with one attached hydrogen (secondary N) is 1. The zero-order valence-corrected chi connectivity index (χ0v) is 13.4. The van der Waals surface area contributed by atoms with Crippen molar-refractivity contribution in [2.45, 2.75) is 12.6 Å². The number of hydrogen-bond acceptors (Lipinski definition) is 4. The minimum atomic E-state index is -0.872. The number of amides is 2. The van der Waals surface area contributed by atoms with Gasteiger partial charge in [0.05, 0.1) is 13.7 Å². The molecule has 2 amide bonds. The number of primary amides is 1. The van der Waals surface area contributed by atoms with Crippen LogP contribution in [0.5, 0.6) is 5.75 Å². The van der Waals surface area contributed by atoms with E-state index in [1.807, 2.05) is 30.3 Å². The highest BCUT2D eigenvalue weighted by Gasteiger charge is 2.19. The first-order valence-electron chi connectivity index (χ1n) is 7.44. The fourth-order valence-electron chi connectivity index (χ4n) is 2.15. The van der Waals surface area contributed by atoms with Gasteiger partial charge in [0.2, 0.25) is 11.8 Å². The van der Waals surface area contributed by atoms with Crippen LogP contribution in [-0.4, -0.2) is 25.5 Å². The molecule has 0 heterocycles. The average Bonchev–Trinajstić information content (AvgIpc) is 2.61. The van der Waals surface area contributed by atoms with Crippen molar-refractivity contribution in [3.05, 3.63) is 65.7 Å². The van der Waals surface area contributed by atoms with Crippen LogP contribution >= 0.6 is 0 Å². The summed E-state index contributed by atoms with van der Waals surface area (Å²) < 4.78 is 10.4. The SMILES string of the molecule is COc1ccc(COCC(=O)N[C@H](C(N)=O)c2ccccc2)cc1. The first-order valence-corrected chi connectivity index (χ1v) is 7.44. The number of rotatable bonds is 8. The van der Waals surface area contributed by atoms with Crippen molar-refractivity contribution in [3.8, 4) is 5.75 Å². The molecule has 0 saturated carbocycles. The summed E-state index contributed by atoms with van der Waals surface area (Å²) in [7, 11) is 1.59. The van der Waals surface area contributed by atoms with Gasteiger partial charge < -0.3 is 20.5 Å². The third-order valence-electron chi connectivity index (χ3n) is 3.38. The highest BCUT2D eigenvalue weighted by atomic mass is 16.5. The van der Waals surface area contributed by atoms with Crippen LogP contribution in [-0.2, 0) is 20.9 Å². The molecule has 0 saturated heterocycles. The maximum Gasteiger partial charge on any atom is 0.246 e. The van der Waals surface area contributed by atoms with Crippen molar-refractivity contribution in [1.29, 1.82) is 0 Å². The van der Waals surface area contributed by atoms with E-state index in [4.69, 9.17) is 15.2 Å². The van der Waals surface area contributed by atoms with Crippen LogP contribution in [0.3, 0.4) is 0 Å². The lowest BCUT2D eigenvalue weighted by Gasteiger charge is -2.16. The van der Waals surface area contributed by atoms with Gasteiger partial charge in [0, 0.05) is 0 Å². The van der Waals surface area contributed by atoms with Gasteiger partial charge in [0.1, 0.15) is 18.4 Å². The van der Waals surface area contributed by atoms with Crippen molar-refractivity contribution in [1.82, 2.24) is 5.32 Å². The van der Waals surface area contributed by atoms with E-state index in [2.05, 4.69) is 5.32 Å². The number of ether oxygens (including phenoxy) is 2. The molecule has 0 fully saturated rings. The lowest BCUT2D eigenvalue weighted by atomic mass is 10.1. The van der Waals surface area contributed by atoms with Gasteiger partial charge in [-0.25, -0.2) is 0 Å². The smallest absolute Gasteiger partial charge is 0.246 e. The van der Waals surface area contributed by atoms with Gasteiger partial charge in [-0.15, -0.1) is 0 Å². The number of hydrogen-bond donors (Lipinski definition) is 2. The molecule has 0 aliphatic rings. The molecule has 0 aliphatic carbocycles. The predicted octanol–water partition coefficient (Wildman–Crippen LogP) is 1.55. The first-order chi connectivity index (χ1) is 11.6. The first kappa shape index (κ1) is 17.5. The Kier molecular flexibility index (Phi) is 6.33. The average molecular weight is 328 g/mol. The van der Waals surface area contributed by atoms with Gasteiger partial charge in [0.25, 0.3) is 0 Å². The summed E-state index contributed by atoms with van der Waals surface area (Å²) in [5, 5.41) is 2.58. The minimum Gasteiger partial charge on any atom is -0.497 e. The van der Waals surface area contributed by atoms with Crippen molar-refractivity contribution in [2.24, 2.45) is 5.73 Å². The number of carbonyl (C=O) groups is 2. The molecule has 0 radical (unpaired) electrons. The van der Waals surface area contributed by atoms with Gasteiger partial charge in [-0.05, 0) is 23.3 Å². The molecule has 0 aromatic heterocycles. The number of methoxy groups -OCH3 is 1. The van der Waals surface area contributed by atoms with Crippen LogP contribution in [0.4, 0.5) is 0 Å². The van der Waals surface area contributed by atoms with Crippen LogP contribution in [0.2, 0.25) is 0 Å². The Labute approximate surface area is 140 Å². The standard InChI is InChI=1S/C18H20N2O4/c1-23-15-9-7-13(8-10-15)11-24-12-16(21)20-17(18(19)22)14-5-3-2-4-6-14/h2-10,17H,11-12H2,1H3,(H2,19,22)(H,20,21)/t17-/m0/s1. The van der Waals surface area contributed by atoms with Crippen LogP contribution < -0.4 is 15.8 Å². The van der Waals surface area contributed by atoms with Gasteiger partial charge in [-0.1, -0.05) is 42.5 Å². The van der Waals surface area contributed by atoms with E-state index in [-0.39, 0.29) is 13.2 Å². The molecule has 0 unspecified atom stereocenters. The Hall–Kier alpha value is -2.86. The molecular formula is C18H20N2O4. The maximum absolute atomic E-state index is 12.0. The fraction of sp³-hybridized carbons (Fsp3) is 0.222. The zero-order chi connectivity index (χ0) is 17.4. The lowest BCUT2D eigenvalue weighted by Crippen LogP contribution is -2.39. The Morgan fingerprint density at radius 3 is 2.33 bits per heavy atom. The van der Waals surface area contributed by atoms with E-state index in [9.17, 15) is 9.59 Å². The van der Waals surface area contributed by atoms with Gasteiger partial charge >= 0.3 is 0 Å². The van der Waals surface area contributed by atoms with Crippen LogP contribution in [0.15, 0.2) is 54.6 Å².